The summed E-state index contributed by atoms with van der Waals surface area (Å²) in [5.41, 5.74) is 1.70. The molecule has 0 aliphatic carbocycles. The maximum atomic E-state index is 11.9. The molecule has 3 heteroatoms. The molecular weight excluding hydrogens is 252 g/mol. The summed E-state index contributed by atoms with van der Waals surface area (Å²) in [6.07, 6.45) is 0.632. The van der Waals surface area contributed by atoms with Gasteiger partial charge in [0, 0.05) is 0 Å². The Balaban J connectivity index is 2.38. The summed E-state index contributed by atoms with van der Waals surface area (Å²) in [7, 11) is 1.30. The van der Waals surface area contributed by atoms with E-state index in [2.05, 4.69) is 0 Å². The molecule has 0 amide bonds. The number of esters is 1. The minimum Gasteiger partial charge on any atom is -0.466 e. The first-order chi connectivity index (χ1) is 9.72. The van der Waals surface area contributed by atoms with Crippen molar-refractivity contribution in [1.29, 1.82) is 0 Å². The van der Waals surface area contributed by atoms with Crippen LogP contribution in [0.15, 0.2) is 66.2 Å². The number of benzene rings is 2. The minimum absolute atomic E-state index is 0.213. The lowest BCUT2D eigenvalue weighted by Crippen LogP contribution is -2.13. The summed E-state index contributed by atoms with van der Waals surface area (Å²) in [6.45, 7) is 0. The Hall–Kier alpha value is -2.39. The van der Waals surface area contributed by atoms with Crippen molar-refractivity contribution in [3.8, 4) is 0 Å². The molecule has 1 unspecified atom stereocenters. The Morgan fingerprint density at radius 3 is 2.15 bits per heavy atom. The molecule has 2 rings (SSSR count). The van der Waals surface area contributed by atoms with Crippen molar-refractivity contribution in [2.24, 2.45) is 0 Å². The van der Waals surface area contributed by atoms with Crippen LogP contribution in [-0.4, -0.2) is 18.2 Å². The Kier molecular flexibility index (Phi) is 4.69. The van der Waals surface area contributed by atoms with Crippen molar-refractivity contribution in [3.63, 3.8) is 0 Å². The largest absolute Gasteiger partial charge is 0.466 e. The fourth-order valence-electron chi connectivity index (χ4n) is 1.91. The van der Waals surface area contributed by atoms with Gasteiger partial charge in [-0.05, 0) is 17.2 Å². The molecule has 0 radical (unpaired) electrons. The van der Waals surface area contributed by atoms with Crippen LogP contribution in [0.4, 0.5) is 0 Å². The zero-order valence-electron chi connectivity index (χ0n) is 11.2. The molecule has 1 N–H and O–H groups in total. The molecule has 0 spiro atoms. The van der Waals surface area contributed by atoms with Crippen molar-refractivity contribution < 1.29 is 14.6 Å². The molecule has 102 valence electrons. The summed E-state index contributed by atoms with van der Waals surface area (Å²) < 4.78 is 4.76. The first-order valence-electron chi connectivity index (χ1n) is 6.30. The molecule has 0 bridgehead atoms. The average molecular weight is 268 g/mol. The van der Waals surface area contributed by atoms with Crippen molar-refractivity contribution in [3.05, 3.63) is 77.4 Å². The highest BCUT2D eigenvalue weighted by molar-refractivity contribution is 5.94. The van der Waals surface area contributed by atoms with Gasteiger partial charge in [0.05, 0.1) is 12.7 Å². The van der Waals surface area contributed by atoms with Crippen molar-refractivity contribution in [2.45, 2.75) is 6.10 Å². The lowest BCUT2D eigenvalue weighted by Gasteiger charge is -2.13. The lowest BCUT2D eigenvalue weighted by atomic mass is 9.99. The van der Waals surface area contributed by atoms with Crippen molar-refractivity contribution in [1.82, 2.24) is 0 Å². The second kappa shape index (κ2) is 6.68. The highest BCUT2D eigenvalue weighted by Crippen LogP contribution is 2.24. The van der Waals surface area contributed by atoms with E-state index in [1.54, 1.807) is 18.2 Å². The zero-order chi connectivity index (χ0) is 14.4. The van der Waals surface area contributed by atoms with E-state index in [0.717, 1.165) is 5.56 Å². The summed E-state index contributed by atoms with van der Waals surface area (Å²) in [5.74, 6) is -0.537. The van der Waals surface area contributed by atoms with Crippen LogP contribution >= 0.6 is 0 Å². The third kappa shape index (κ3) is 3.33. The minimum atomic E-state index is -1.01. The second-order valence-corrected chi connectivity index (χ2v) is 4.32. The van der Waals surface area contributed by atoms with E-state index in [9.17, 15) is 9.90 Å². The van der Waals surface area contributed by atoms with Gasteiger partial charge in [-0.15, -0.1) is 0 Å². The fourth-order valence-corrected chi connectivity index (χ4v) is 1.91. The molecule has 0 aromatic heterocycles. The topological polar surface area (TPSA) is 46.5 Å². The number of rotatable bonds is 4. The van der Waals surface area contributed by atoms with Crippen LogP contribution in [0.25, 0.3) is 6.08 Å². The van der Waals surface area contributed by atoms with E-state index in [4.69, 9.17) is 4.74 Å². The van der Waals surface area contributed by atoms with Gasteiger partial charge in [0.15, 0.2) is 0 Å². The van der Waals surface area contributed by atoms with E-state index >= 15 is 0 Å². The summed E-state index contributed by atoms with van der Waals surface area (Å²) in [4.78, 5) is 11.9. The Labute approximate surface area is 118 Å². The van der Waals surface area contributed by atoms with Gasteiger partial charge >= 0.3 is 5.97 Å². The third-order valence-electron chi connectivity index (χ3n) is 2.95. The predicted octanol–water partition coefficient (Wildman–Crippen LogP) is 2.98. The predicted molar refractivity (Wildman–Crippen MR) is 77.8 cm³/mol. The van der Waals surface area contributed by atoms with Crippen LogP contribution in [0.1, 0.15) is 17.2 Å². The maximum Gasteiger partial charge on any atom is 0.336 e. The summed E-state index contributed by atoms with van der Waals surface area (Å²) >= 11 is 0. The monoisotopic (exact) mass is 268 g/mol. The van der Waals surface area contributed by atoms with Gasteiger partial charge in [0.2, 0.25) is 0 Å². The number of aliphatic hydroxyl groups excluding tert-OH is 1. The maximum absolute atomic E-state index is 11.9. The number of aliphatic hydroxyl groups is 1. The normalized spacial score (nSPS) is 12.8. The van der Waals surface area contributed by atoms with Gasteiger partial charge in [-0.1, -0.05) is 60.7 Å². The molecule has 0 saturated heterocycles. The molecule has 2 aromatic carbocycles. The van der Waals surface area contributed by atoms with Gasteiger partial charge in [0.25, 0.3) is 0 Å². The van der Waals surface area contributed by atoms with E-state index in [0.29, 0.717) is 5.56 Å². The van der Waals surface area contributed by atoms with Crippen LogP contribution in [0.3, 0.4) is 0 Å². The average Bonchev–Trinajstić information content (AvgIpc) is 2.53. The van der Waals surface area contributed by atoms with Crippen LogP contribution < -0.4 is 0 Å². The highest BCUT2D eigenvalue weighted by Gasteiger charge is 2.20. The van der Waals surface area contributed by atoms with Gasteiger partial charge in [0.1, 0.15) is 6.10 Å². The van der Waals surface area contributed by atoms with E-state index in [1.807, 2.05) is 48.5 Å². The number of methoxy groups -OCH3 is 1. The van der Waals surface area contributed by atoms with Gasteiger partial charge in [-0.2, -0.15) is 0 Å². The van der Waals surface area contributed by atoms with Crippen LogP contribution in [0.2, 0.25) is 0 Å². The van der Waals surface area contributed by atoms with Crippen LogP contribution in [0.5, 0.6) is 0 Å². The Morgan fingerprint density at radius 1 is 1.05 bits per heavy atom. The highest BCUT2D eigenvalue weighted by atomic mass is 16.5. The molecule has 0 heterocycles. The van der Waals surface area contributed by atoms with Crippen LogP contribution in [0, 0.1) is 0 Å². The van der Waals surface area contributed by atoms with E-state index < -0.39 is 12.1 Å². The van der Waals surface area contributed by atoms with Crippen LogP contribution in [-0.2, 0) is 9.53 Å². The van der Waals surface area contributed by atoms with E-state index in [1.165, 1.54) is 7.11 Å². The summed E-state index contributed by atoms with van der Waals surface area (Å²) in [6, 6.07) is 18.4. The molecule has 0 saturated carbocycles. The first-order valence-corrected chi connectivity index (χ1v) is 6.30. The summed E-state index contributed by atoms with van der Waals surface area (Å²) in [5, 5.41) is 10.4. The van der Waals surface area contributed by atoms with Gasteiger partial charge < -0.3 is 9.84 Å². The number of carbonyl (C=O) groups excluding carboxylic acids is 1. The standard InChI is InChI=1S/C17H16O3/c1-20-17(19)15(12-13-8-4-2-5-9-13)16(18)14-10-6-3-7-11-14/h2-12,16,18H,1H3/b15-12-. The quantitative estimate of drug-likeness (QED) is 0.685. The van der Waals surface area contributed by atoms with Crippen molar-refractivity contribution in [2.75, 3.05) is 7.11 Å². The molecule has 3 nitrogen and oxygen atoms in total. The molecule has 0 fully saturated rings. The number of hydrogen-bond donors (Lipinski definition) is 1. The number of ether oxygens (including phenoxy) is 1. The molecule has 0 aliphatic rings. The Morgan fingerprint density at radius 2 is 1.60 bits per heavy atom. The Bertz CT molecular complexity index is 588. The van der Waals surface area contributed by atoms with Gasteiger partial charge in [-0.25, -0.2) is 4.79 Å². The molecular formula is C17H16O3. The molecule has 20 heavy (non-hydrogen) atoms. The van der Waals surface area contributed by atoms with E-state index in [-0.39, 0.29) is 5.57 Å². The molecule has 2 aromatic rings. The molecule has 1 atom stereocenters. The first kappa shape index (κ1) is 14.0. The van der Waals surface area contributed by atoms with Crippen molar-refractivity contribution >= 4 is 12.0 Å². The third-order valence-corrected chi connectivity index (χ3v) is 2.95. The van der Waals surface area contributed by atoms with Gasteiger partial charge in [-0.3, -0.25) is 0 Å². The zero-order valence-corrected chi connectivity index (χ0v) is 11.2. The second-order valence-electron chi connectivity index (χ2n) is 4.32. The fraction of sp³-hybridized carbons (Fsp3) is 0.118. The SMILES string of the molecule is COC(=O)/C(=C\c1ccccc1)C(O)c1ccccc1. The lowest BCUT2D eigenvalue weighted by molar-refractivity contribution is -0.137. The number of hydrogen-bond acceptors (Lipinski definition) is 3. The molecule has 0 aliphatic heterocycles. The smallest absolute Gasteiger partial charge is 0.336 e. The number of carbonyl (C=O) groups is 1.